The van der Waals surface area contributed by atoms with Crippen LogP contribution in [-0.4, -0.2) is 11.5 Å². The molecule has 3 aromatic rings. The standard InChI is InChI=1S/C24H18BrIN2O4/c1-2-31-23-12-17(10-19(14-27)18-4-3-5-21(13-18)28(29)30)11-22(26)24(23)32-15-16-6-8-20(25)9-7-16/h3-13H,2,15H2,1H3/b19-10-. The molecule has 0 N–H and O–H groups in total. The summed E-state index contributed by atoms with van der Waals surface area (Å²) in [6, 6.07) is 19.7. The Morgan fingerprint density at radius 3 is 2.59 bits per heavy atom. The lowest BCUT2D eigenvalue weighted by atomic mass is 10.0. The second-order valence-electron chi connectivity index (χ2n) is 6.66. The third-order valence-electron chi connectivity index (χ3n) is 4.43. The lowest BCUT2D eigenvalue weighted by Gasteiger charge is -2.15. The zero-order valence-electron chi connectivity index (χ0n) is 17.0. The molecule has 162 valence electrons. The summed E-state index contributed by atoms with van der Waals surface area (Å²) in [4.78, 5) is 10.6. The Hall–Kier alpha value is -2.90. The second-order valence-corrected chi connectivity index (χ2v) is 8.73. The van der Waals surface area contributed by atoms with Crippen molar-refractivity contribution in [3.05, 3.63) is 95.5 Å². The molecule has 0 saturated heterocycles. The molecule has 0 aliphatic heterocycles. The Morgan fingerprint density at radius 1 is 1.19 bits per heavy atom. The van der Waals surface area contributed by atoms with Crippen LogP contribution < -0.4 is 9.47 Å². The Bertz CT molecular complexity index is 1200. The molecule has 3 aromatic carbocycles. The van der Waals surface area contributed by atoms with Crippen LogP contribution in [0.5, 0.6) is 11.5 Å². The zero-order chi connectivity index (χ0) is 23.1. The van der Waals surface area contributed by atoms with E-state index in [9.17, 15) is 15.4 Å². The summed E-state index contributed by atoms with van der Waals surface area (Å²) in [5.41, 5.74) is 2.48. The molecule has 0 unspecified atom stereocenters. The highest BCUT2D eigenvalue weighted by Gasteiger charge is 2.14. The maximum absolute atomic E-state index is 11.1. The molecule has 0 spiro atoms. The molecule has 0 aromatic heterocycles. The van der Waals surface area contributed by atoms with Crippen LogP contribution in [-0.2, 0) is 6.61 Å². The molecule has 0 radical (unpaired) electrons. The van der Waals surface area contributed by atoms with Gasteiger partial charge in [-0.3, -0.25) is 10.1 Å². The second kappa shape index (κ2) is 11.1. The van der Waals surface area contributed by atoms with Crippen molar-refractivity contribution in [2.24, 2.45) is 0 Å². The van der Waals surface area contributed by atoms with E-state index in [1.807, 2.05) is 37.3 Å². The van der Waals surface area contributed by atoms with E-state index in [0.717, 1.165) is 19.2 Å². The van der Waals surface area contributed by atoms with Gasteiger partial charge in [-0.05, 0) is 76.5 Å². The van der Waals surface area contributed by atoms with Gasteiger partial charge in [-0.25, -0.2) is 0 Å². The normalized spacial score (nSPS) is 11.0. The number of allylic oxidation sites excluding steroid dienone is 1. The molecular weight excluding hydrogens is 587 g/mol. The quantitative estimate of drug-likeness (QED) is 0.0908. The molecule has 0 fully saturated rings. The summed E-state index contributed by atoms with van der Waals surface area (Å²) in [5.74, 6) is 1.19. The highest BCUT2D eigenvalue weighted by Crippen LogP contribution is 2.36. The van der Waals surface area contributed by atoms with E-state index < -0.39 is 4.92 Å². The van der Waals surface area contributed by atoms with Gasteiger partial charge in [-0.2, -0.15) is 5.26 Å². The molecule has 0 amide bonds. The Morgan fingerprint density at radius 2 is 1.94 bits per heavy atom. The smallest absolute Gasteiger partial charge is 0.270 e. The number of benzene rings is 3. The molecule has 0 aliphatic carbocycles. The fourth-order valence-corrected chi connectivity index (χ4v) is 3.99. The average molecular weight is 605 g/mol. The van der Waals surface area contributed by atoms with Crippen LogP contribution in [0.15, 0.2) is 65.1 Å². The predicted octanol–water partition coefficient (Wildman–Crippen LogP) is 7.00. The van der Waals surface area contributed by atoms with E-state index in [1.54, 1.807) is 24.3 Å². The number of nitro groups is 1. The third-order valence-corrected chi connectivity index (χ3v) is 5.76. The first-order chi connectivity index (χ1) is 15.4. The molecule has 3 rings (SSSR count). The Balaban J connectivity index is 1.93. The maximum atomic E-state index is 11.1. The molecule has 8 heteroatoms. The van der Waals surface area contributed by atoms with Crippen molar-refractivity contribution in [1.29, 1.82) is 5.26 Å². The predicted molar refractivity (Wildman–Crippen MR) is 135 cm³/mol. The number of halogens is 2. The minimum Gasteiger partial charge on any atom is -0.490 e. The van der Waals surface area contributed by atoms with Gasteiger partial charge in [0.05, 0.1) is 26.7 Å². The van der Waals surface area contributed by atoms with Gasteiger partial charge in [0.2, 0.25) is 0 Å². The lowest BCUT2D eigenvalue weighted by Crippen LogP contribution is -2.02. The summed E-state index contributed by atoms with van der Waals surface area (Å²) >= 11 is 5.60. The van der Waals surface area contributed by atoms with Crippen LogP contribution in [0.1, 0.15) is 23.6 Å². The molecule has 0 saturated carbocycles. The van der Waals surface area contributed by atoms with Crippen LogP contribution in [0.3, 0.4) is 0 Å². The van der Waals surface area contributed by atoms with E-state index in [1.165, 1.54) is 12.1 Å². The average Bonchev–Trinajstić information content (AvgIpc) is 2.78. The van der Waals surface area contributed by atoms with E-state index in [-0.39, 0.29) is 5.69 Å². The first kappa shape index (κ1) is 23.8. The van der Waals surface area contributed by atoms with Crippen LogP contribution in [0.4, 0.5) is 5.69 Å². The zero-order valence-corrected chi connectivity index (χ0v) is 20.8. The molecule has 0 bridgehead atoms. The number of ether oxygens (including phenoxy) is 2. The van der Waals surface area contributed by atoms with E-state index >= 15 is 0 Å². The minimum absolute atomic E-state index is 0.0649. The Labute approximate surface area is 207 Å². The Kier molecular flexibility index (Phi) is 8.25. The highest BCUT2D eigenvalue weighted by molar-refractivity contribution is 14.1. The number of rotatable bonds is 8. The third kappa shape index (κ3) is 6.08. The topological polar surface area (TPSA) is 85.4 Å². The van der Waals surface area contributed by atoms with Gasteiger partial charge in [0.1, 0.15) is 6.61 Å². The summed E-state index contributed by atoms with van der Waals surface area (Å²) in [6.45, 7) is 2.72. The molecule has 6 nitrogen and oxygen atoms in total. The van der Waals surface area contributed by atoms with Gasteiger partial charge >= 0.3 is 0 Å². The van der Waals surface area contributed by atoms with Gasteiger partial charge < -0.3 is 9.47 Å². The SMILES string of the molecule is CCOc1cc(/C=C(/C#N)c2cccc([N+](=O)[O-])c2)cc(I)c1OCc1ccc(Br)cc1. The molecule has 0 aliphatic rings. The summed E-state index contributed by atoms with van der Waals surface area (Å²) in [5, 5.41) is 20.7. The highest BCUT2D eigenvalue weighted by atomic mass is 127. The minimum atomic E-state index is -0.480. The van der Waals surface area contributed by atoms with Gasteiger partial charge in [0, 0.05) is 16.6 Å². The summed E-state index contributed by atoms with van der Waals surface area (Å²) < 4.78 is 13.7. The molecular formula is C24H18BrIN2O4. The fourth-order valence-electron chi connectivity index (χ4n) is 2.94. The first-order valence-electron chi connectivity index (χ1n) is 9.61. The van der Waals surface area contributed by atoms with Crippen molar-refractivity contribution in [2.75, 3.05) is 6.61 Å². The number of hydrogen-bond donors (Lipinski definition) is 0. The van der Waals surface area contributed by atoms with Crippen LogP contribution in [0.2, 0.25) is 0 Å². The first-order valence-corrected chi connectivity index (χ1v) is 11.5. The number of hydrogen-bond acceptors (Lipinski definition) is 5. The number of nitriles is 1. The maximum Gasteiger partial charge on any atom is 0.270 e. The van der Waals surface area contributed by atoms with E-state index in [2.05, 4.69) is 44.6 Å². The van der Waals surface area contributed by atoms with Crippen LogP contribution in [0.25, 0.3) is 11.6 Å². The summed E-state index contributed by atoms with van der Waals surface area (Å²) in [6.07, 6.45) is 1.68. The van der Waals surface area contributed by atoms with Gasteiger partial charge in [0.25, 0.3) is 5.69 Å². The number of nitrogens with zero attached hydrogens (tertiary/aromatic N) is 2. The van der Waals surface area contributed by atoms with Crippen molar-refractivity contribution in [3.8, 4) is 17.6 Å². The number of nitro benzene ring substituents is 1. The van der Waals surface area contributed by atoms with Crippen molar-refractivity contribution in [2.45, 2.75) is 13.5 Å². The van der Waals surface area contributed by atoms with E-state index in [0.29, 0.717) is 35.8 Å². The van der Waals surface area contributed by atoms with Gasteiger partial charge in [-0.1, -0.05) is 40.2 Å². The largest absolute Gasteiger partial charge is 0.490 e. The summed E-state index contributed by atoms with van der Waals surface area (Å²) in [7, 11) is 0. The van der Waals surface area contributed by atoms with Crippen LogP contribution in [0, 0.1) is 25.0 Å². The van der Waals surface area contributed by atoms with Gasteiger partial charge in [-0.15, -0.1) is 0 Å². The van der Waals surface area contributed by atoms with Crippen molar-refractivity contribution >= 4 is 55.9 Å². The molecule has 0 heterocycles. The van der Waals surface area contributed by atoms with Crippen molar-refractivity contribution in [3.63, 3.8) is 0 Å². The monoisotopic (exact) mass is 604 g/mol. The molecule has 32 heavy (non-hydrogen) atoms. The van der Waals surface area contributed by atoms with Crippen LogP contribution >= 0.6 is 38.5 Å². The van der Waals surface area contributed by atoms with Crippen molar-refractivity contribution in [1.82, 2.24) is 0 Å². The van der Waals surface area contributed by atoms with E-state index in [4.69, 9.17) is 9.47 Å². The lowest BCUT2D eigenvalue weighted by molar-refractivity contribution is -0.384. The fraction of sp³-hybridized carbons (Fsp3) is 0.125. The number of non-ortho nitro benzene ring substituents is 1. The molecule has 0 atom stereocenters. The van der Waals surface area contributed by atoms with Crippen molar-refractivity contribution < 1.29 is 14.4 Å². The van der Waals surface area contributed by atoms with Gasteiger partial charge in [0.15, 0.2) is 11.5 Å².